The van der Waals surface area contributed by atoms with Crippen LogP contribution in [0.5, 0.6) is 0 Å². The van der Waals surface area contributed by atoms with Crippen molar-refractivity contribution < 1.29 is 24.2 Å². The van der Waals surface area contributed by atoms with Crippen molar-refractivity contribution in [1.29, 1.82) is 0 Å². The zero-order valence-corrected chi connectivity index (χ0v) is 15.4. The molecule has 0 bridgehead atoms. The molecule has 9 heteroatoms. The van der Waals surface area contributed by atoms with Crippen LogP contribution in [0.1, 0.15) is 18.2 Å². The van der Waals surface area contributed by atoms with Crippen LogP contribution >= 0.6 is 23.1 Å². The number of methoxy groups -OCH3 is 1. The topological polar surface area (TPSA) is 98.8 Å². The molecule has 1 aromatic rings. The molecule has 2 aliphatic rings. The summed E-state index contributed by atoms with van der Waals surface area (Å²) in [6, 6.07) is 3.67. The summed E-state index contributed by atoms with van der Waals surface area (Å²) in [7, 11) is 1.33. The van der Waals surface area contributed by atoms with Gasteiger partial charge in [0, 0.05) is 17.7 Å². The third-order valence-electron chi connectivity index (χ3n) is 4.29. The summed E-state index contributed by atoms with van der Waals surface area (Å²) in [6.07, 6.45) is 0.647. The normalized spacial score (nSPS) is 25.4. The van der Waals surface area contributed by atoms with Crippen LogP contribution in [0.25, 0.3) is 0 Å². The monoisotopic (exact) mass is 381 g/mol. The molecule has 1 aromatic heterocycles. The number of hydrogen-bond donors (Lipinski definition) is 1. The average molecular weight is 381 g/mol. The maximum Gasteiger partial charge on any atom is 0.284 e. The highest BCUT2D eigenvalue weighted by molar-refractivity contribution is 8.00. The van der Waals surface area contributed by atoms with E-state index < -0.39 is 23.0 Å². The Labute approximate surface area is 153 Å². The van der Waals surface area contributed by atoms with Gasteiger partial charge in [-0.25, -0.2) is 0 Å². The van der Waals surface area contributed by atoms with E-state index in [2.05, 4.69) is 5.32 Å². The predicted octanol–water partition coefficient (Wildman–Crippen LogP) is 0.0786. The highest BCUT2D eigenvalue weighted by atomic mass is 32.2. The SMILES string of the molecule is CCC1=C(C(=O)[O-])N2C(=O)[C@](NC(=O)Cc3cccs3)(OC)C2SC1. The maximum atomic E-state index is 12.7. The van der Waals surface area contributed by atoms with Gasteiger partial charge in [0.05, 0.1) is 18.1 Å². The Balaban J connectivity index is 1.82. The van der Waals surface area contributed by atoms with Gasteiger partial charge in [-0.1, -0.05) is 13.0 Å². The Kier molecular flexibility index (Phi) is 4.90. The van der Waals surface area contributed by atoms with Gasteiger partial charge in [0.25, 0.3) is 11.6 Å². The number of carbonyl (C=O) groups excluding carboxylic acids is 3. The molecule has 1 fully saturated rings. The number of thioether (sulfide) groups is 1. The lowest BCUT2D eigenvalue weighted by Crippen LogP contribution is -2.81. The van der Waals surface area contributed by atoms with E-state index in [-0.39, 0.29) is 18.0 Å². The van der Waals surface area contributed by atoms with Crippen molar-refractivity contribution in [2.75, 3.05) is 12.9 Å². The Morgan fingerprint density at radius 2 is 2.28 bits per heavy atom. The summed E-state index contributed by atoms with van der Waals surface area (Å²) in [5.41, 5.74) is -1.00. The van der Waals surface area contributed by atoms with Crippen molar-refractivity contribution in [2.24, 2.45) is 0 Å². The minimum absolute atomic E-state index is 0.101. The molecule has 2 amide bonds. The first-order valence-electron chi connectivity index (χ1n) is 7.71. The predicted molar refractivity (Wildman–Crippen MR) is 91.3 cm³/mol. The molecule has 3 heterocycles. The van der Waals surface area contributed by atoms with Gasteiger partial charge in [0.1, 0.15) is 5.37 Å². The number of thiophene rings is 1. The fraction of sp³-hybridized carbons (Fsp3) is 0.438. The lowest BCUT2D eigenvalue weighted by molar-refractivity contribution is -0.302. The fourth-order valence-corrected chi connectivity index (χ4v) is 5.27. The number of nitrogens with zero attached hydrogens (tertiary/aromatic N) is 1. The number of β-lactam (4-membered cyclic amide) rings is 1. The fourth-order valence-electron chi connectivity index (χ4n) is 3.02. The first-order chi connectivity index (χ1) is 11.9. The van der Waals surface area contributed by atoms with E-state index in [0.29, 0.717) is 17.7 Å². The molecule has 25 heavy (non-hydrogen) atoms. The Morgan fingerprint density at radius 1 is 1.52 bits per heavy atom. The van der Waals surface area contributed by atoms with E-state index in [0.717, 1.165) is 9.78 Å². The number of hydrogen-bond acceptors (Lipinski definition) is 7. The molecular formula is C16H17N2O5S2-. The van der Waals surface area contributed by atoms with E-state index in [1.165, 1.54) is 30.2 Å². The molecule has 1 N–H and O–H groups in total. The largest absolute Gasteiger partial charge is 0.543 e. The third kappa shape index (κ3) is 2.86. The molecule has 1 saturated heterocycles. The molecule has 0 aromatic carbocycles. The molecule has 2 aliphatic heterocycles. The number of carboxylic acids is 1. The molecule has 0 saturated carbocycles. The smallest absolute Gasteiger partial charge is 0.284 e. The molecule has 1 unspecified atom stereocenters. The second kappa shape index (κ2) is 6.81. The van der Waals surface area contributed by atoms with Crippen molar-refractivity contribution in [2.45, 2.75) is 30.9 Å². The highest BCUT2D eigenvalue weighted by Crippen LogP contribution is 2.46. The lowest BCUT2D eigenvalue weighted by Gasteiger charge is -2.56. The van der Waals surface area contributed by atoms with Crippen LogP contribution in [-0.2, 0) is 25.5 Å². The van der Waals surface area contributed by atoms with Crippen LogP contribution in [0, 0.1) is 0 Å². The van der Waals surface area contributed by atoms with Gasteiger partial charge in [-0.05, 0) is 23.4 Å². The van der Waals surface area contributed by atoms with Gasteiger partial charge in [-0.15, -0.1) is 23.1 Å². The molecule has 0 radical (unpaired) electrons. The molecule has 7 nitrogen and oxygen atoms in total. The van der Waals surface area contributed by atoms with Gasteiger partial charge in [0.15, 0.2) is 0 Å². The first kappa shape index (κ1) is 18.0. The molecular weight excluding hydrogens is 364 g/mol. The first-order valence-corrected chi connectivity index (χ1v) is 9.64. The second-order valence-electron chi connectivity index (χ2n) is 5.68. The zero-order valence-electron chi connectivity index (χ0n) is 13.7. The van der Waals surface area contributed by atoms with Crippen molar-refractivity contribution in [3.05, 3.63) is 33.7 Å². The number of aliphatic carboxylic acids is 1. The number of carbonyl (C=O) groups is 3. The van der Waals surface area contributed by atoms with E-state index in [4.69, 9.17) is 4.74 Å². The van der Waals surface area contributed by atoms with Crippen LogP contribution in [-0.4, -0.2) is 46.6 Å². The third-order valence-corrected chi connectivity index (χ3v) is 6.54. The summed E-state index contributed by atoms with van der Waals surface area (Å²) in [5.74, 6) is -1.87. The Hall–Kier alpha value is -1.84. The molecule has 2 atom stereocenters. The maximum absolute atomic E-state index is 12.7. The molecule has 3 rings (SSSR count). The minimum Gasteiger partial charge on any atom is -0.543 e. The zero-order chi connectivity index (χ0) is 18.2. The number of nitrogens with one attached hydrogen (secondary N) is 1. The summed E-state index contributed by atoms with van der Waals surface area (Å²) in [6.45, 7) is 1.83. The van der Waals surface area contributed by atoms with Crippen LogP contribution in [0.3, 0.4) is 0 Å². The van der Waals surface area contributed by atoms with Crippen molar-refractivity contribution in [1.82, 2.24) is 10.2 Å². The van der Waals surface area contributed by atoms with Crippen LogP contribution in [0.15, 0.2) is 28.8 Å². The highest BCUT2D eigenvalue weighted by Gasteiger charge is 2.65. The lowest BCUT2D eigenvalue weighted by atomic mass is 9.97. The summed E-state index contributed by atoms with van der Waals surface area (Å²) < 4.78 is 5.37. The van der Waals surface area contributed by atoms with E-state index in [1.807, 2.05) is 24.4 Å². The number of carboxylic acid groups (broad SMARTS) is 1. The minimum atomic E-state index is -1.54. The van der Waals surface area contributed by atoms with E-state index in [9.17, 15) is 19.5 Å². The number of rotatable bonds is 6. The van der Waals surface area contributed by atoms with Crippen molar-refractivity contribution in [3.63, 3.8) is 0 Å². The van der Waals surface area contributed by atoms with Gasteiger partial charge < -0.3 is 20.0 Å². The number of amides is 2. The van der Waals surface area contributed by atoms with Crippen molar-refractivity contribution >= 4 is 40.9 Å². The second-order valence-corrected chi connectivity index (χ2v) is 7.78. The number of ether oxygens (including phenoxy) is 1. The van der Waals surface area contributed by atoms with Crippen molar-refractivity contribution in [3.8, 4) is 0 Å². The molecule has 134 valence electrons. The van der Waals surface area contributed by atoms with Gasteiger partial charge in [0.2, 0.25) is 5.91 Å². The van der Waals surface area contributed by atoms with Crippen LogP contribution in [0.4, 0.5) is 0 Å². The van der Waals surface area contributed by atoms with E-state index >= 15 is 0 Å². The van der Waals surface area contributed by atoms with Gasteiger partial charge in [-0.3, -0.25) is 14.5 Å². The Bertz CT molecular complexity index is 746. The Morgan fingerprint density at radius 3 is 2.84 bits per heavy atom. The summed E-state index contributed by atoms with van der Waals surface area (Å²) in [4.78, 5) is 38.6. The average Bonchev–Trinajstić information content (AvgIpc) is 3.10. The molecule has 0 spiro atoms. The van der Waals surface area contributed by atoms with Gasteiger partial charge >= 0.3 is 0 Å². The standard InChI is InChI=1S/C16H18N2O5S2/c1-3-9-8-25-15-16(23-2,14(22)18(15)12(9)13(20)21)17-11(19)7-10-5-4-6-24-10/h4-6,15H,3,7-8H2,1-2H3,(H,17,19)(H,20,21)/p-1/t15?,16-/m0/s1. The molecule has 0 aliphatic carbocycles. The summed E-state index contributed by atoms with van der Waals surface area (Å²) in [5, 5.41) is 15.4. The number of fused-ring (bicyclic) bond motifs is 1. The van der Waals surface area contributed by atoms with Crippen LogP contribution < -0.4 is 10.4 Å². The summed E-state index contributed by atoms with van der Waals surface area (Å²) >= 11 is 2.82. The van der Waals surface area contributed by atoms with Gasteiger partial charge in [-0.2, -0.15) is 0 Å². The van der Waals surface area contributed by atoms with Crippen LogP contribution in [0.2, 0.25) is 0 Å². The van der Waals surface area contributed by atoms with E-state index in [1.54, 1.807) is 0 Å². The quantitative estimate of drug-likeness (QED) is 0.553.